The van der Waals surface area contributed by atoms with Crippen LogP contribution in [-0.2, 0) is 12.8 Å². The molecule has 3 rings (SSSR count). The van der Waals surface area contributed by atoms with Crippen molar-refractivity contribution in [2.24, 2.45) is 17.8 Å². The molecule has 0 aliphatic heterocycles. The van der Waals surface area contributed by atoms with Gasteiger partial charge in [0.15, 0.2) is 0 Å². The number of fused-ring (bicyclic) bond motifs is 1. The lowest BCUT2D eigenvalue weighted by atomic mass is 9.69. The van der Waals surface area contributed by atoms with Crippen molar-refractivity contribution >= 4 is 0 Å². The highest BCUT2D eigenvalue weighted by Crippen LogP contribution is 2.41. The maximum Gasteiger partial charge on any atom is 0.119 e. The Morgan fingerprint density at radius 2 is 1.92 bits per heavy atom. The van der Waals surface area contributed by atoms with Crippen LogP contribution in [-0.4, -0.2) is 6.61 Å². The van der Waals surface area contributed by atoms with E-state index < -0.39 is 0 Å². The van der Waals surface area contributed by atoms with E-state index in [1.54, 1.807) is 5.56 Å². The van der Waals surface area contributed by atoms with Crippen molar-refractivity contribution in [3.63, 3.8) is 0 Å². The maximum absolute atomic E-state index is 5.83. The van der Waals surface area contributed by atoms with Gasteiger partial charge in [-0.3, -0.25) is 0 Å². The van der Waals surface area contributed by atoms with Crippen molar-refractivity contribution in [1.82, 2.24) is 0 Å². The van der Waals surface area contributed by atoms with Gasteiger partial charge in [0.1, 0.15) is 5.75 Å². The van der Waals surface area contributed by atoms with E-state index in [4.69, 9.17) is 4.74 Å². The summed E-state index contributed by atoms with van der Waals surface area (Å²) >= 11 is 0. The number of hydrogen-bond donors (Lipinski definition) is 0. The van der Waals surface area contributed by atoms with Crippen molar-refractivity contribution < 1.29 is 4.74 Å². The van der Waals surface area contributed by atoms with Gasteiger partial charge in [-0.1, -0.05) is 51.2 Å². The molecule has 0 saturated heterocycles. The minimum absolute atomic E-state index is 0.742. The number of benzene rings is 1. The van der Waals surface area contributed by atoms with E-state index in [0.717, 1.165) is 36.5 Å². The van der Waals surface area contributed by atoms with Crippen LogP contribution in [0.3, 0.4) is 0 Å². The molecule has 2 aliphatic carbocycles. The zero-order valence-electron chi connectivity index (χ0n) is 16.1. The van der Waals surface area contributed by atoms with Gasteiger partial charge in [-0.2, -0.15) is 0 Å². The molecule has 0 N–H and O–H groups in total. The summed E-state index contributed by atoms with van der Waals surface area (Å²) < 4.78 is 5.83. The van der Waals surface area contributed by atoms with Crippen LogP contribution in [0.1, 0.15) is 75.8 Å². The van der Waals surface area contributed by atoms with Crippen LogP contribution in [0.5, 0.6) is 5.75 Å². The molecule has 25 heavy (non-hydrogen) atoms. The Kier molecular flexibility index (Phi) is 7.02. The second-order valence-electron chi connectivity index (χ2n) is 8.28. The Bertz CT molecular complexity index is 539. The van der Waals surface area contributed by atoms with Crippen LogP contribution in [0.4, 0.5) is 0 Å². The van der Waals surface area contributed by atoms with Gasteiger partial charge in [0.25, 0.3) is 0 Å². The first-order chi connectivity index (χ1) is 12.3. The largest absolute Gasteiger partial charge is 0.493 e. The highest BCUT2D eigenvalue weighted by molar-refractivity contribution is 5.37. The fourth-order valence-corrected chi connectivity index (χ4v) is 4.95. The normalized spacial score (nSPS) is 26.0. The summed E-state index contributed by atoms with van der Waals surface area (Å²) in [5, 5.41) is 0. The molecule has 0 heterocycles. The molecule has 1 unspecified atom stereocenters. The van der Waals surface area contributed by atoms with Crippen LogP contribution in [0.2, 0.25) is 0 Å². The zero-order valence-corrected chi connectivity index (χ0v) is 16.1. The summed E-state index contributed by atoms with van der Waals surface area (Å²) in [4.78, 5) is 0. The smallest absolute Gasteiger partial charge is 0.119 e. The molecule has 0 bridgehead atoms. The third-order valence-corrected chi connectivity index (χ3v) is 6.56. The molecule has 0 spiro atoms. The van der Waals surface area contributed by atoms with Crippen molar-refractivity contribution in [3.8, 4) is 5.75 Å². The Balaban J connectivity index is 1.51. The van der Waals surface area contributed by atoms with E-state index in [0.29, 0.717) is 0 Å². The first-order valence-electron chi connectivity index (χ1n) is 10.7. The first-order valence-corrected chi connectivity index (χ1v) is 10.7. The molecular formula is C24H36O. The second kappa shape index (κ2) is 9.46. The molecule has 1 saturated carbocycles. The average molecular weight is 341 g/mol. The Morgan fingerprint density at radius 1 is 1.08 bits per heavy atom. The number of ether oxygens (including phenoxy) is 1. The molecule has 138 valence electrons. The standard InChI is InChI=1S/C24H36O/c1-3-5-7-19-8-10-20(11-9-19)21-12-13-23-18-24(25-16-6-4-2)15-14-22(23)17-21/h4,14-15,18-21H,2-3,5-13,16-17H2,1H3. The van der Waals surface area contributed by atoms with Crippen molar-refractivity contribution in [3.05, 3.63) is 42.0 Å². The molecule has 1 aromatic rings. The minimum Gasteiger partial charge on any atom is -0.493 e. The monoisotopic (exact) mass is 340 g/mol. The lowest BCUT2D eigenvalue weighted by molar-refractivity contribution is 0.183. The van der Waals surface area contributed by atoms with Crippen LogP contribution >= 0.6 is 0 Å². The molecule has 1 aromatic carbocycles. The molecule has 1 heteroatoms. The molecule has 1 fully saturated rings. The molecule has 0 aromatic heterocycles. The summed E-state index contributed by atoms with van der Waals surface area (Å²) in [5.74, 6) is 3.97. The van der Waals surface area contributed by atoms with Crippen LogP contribution in [0, 0.1) is 17.8 Å². The summed E-state index contributed by atoms with van der Waals surface area (Å²) in [6.07, 6.45) is 17.0. The SMILES string of the molecule is C=CCCOc1ccc2c(c1)CCC(C1CCC(CCCC)CC1)C2. The highest BCUT2D eigenvalue weighted by Gasteiger charge is 2.30. The van der Waals surface area contributed by atoms with Gasteiger partial charge in [0, 0.05) is 0 Å². The highest BCUT2D eigenvalue weighted by atomic mass is 16.5. The Labute approximate surface area is 154 Å². The van der Waals surface area contributed by atoms with E-state index in [2.05, 4.69) is 31.7 Å². The summed E-state index contributed by atoms with van der Waals surface area (Å²) in [7, 11) is 0. The first kappa shape index (κ1) is 18.5. The maximum atomic E-state index is 5.83. The van der Waals surface area contributed by atoms with E-state index in [9.17, 15) is 0 Å². The molecule has 1 atom stereocenters. The molecule has 0 radical (unpaired) electrons. The third-order valence-electron chi connectivity index (χ3n) is 6.56. The van der Waals surface area contributed by atoms with Gasteiger partial charge < -0.3 is 4.74 Å². The quantitative estimate of drug-likeness (QED) is 0.376. The molecule has 0 amide bonds. The van der Waals surface area contributed by atoms with Crippen LogP contribution in [0.25, 0.3) is 0 Å². The van der Waals surface area contributed by atoms with Gasteiger partial charge in [-0.05, 0) is 79.5 Å². The fraction of sp³-hybridized carbons (Fsp3) is 0.667. The molecule has 1 nitrogen and oxygen atoms in total. The van der Waals surface area contributed by atoms with Gasteiger partial charge in [0.05, 0.1) is 6.61 Å². The van der Waals surface area contributed by atoms with Gasteiger partial charge >= 0.3 is 0 Å². The Hall–Kier alpha value is -1.24. The predicted octanol–water partition coefficient (Wildman–Crippen LogP) is 6.74. The number of unbranched alkanes of at least 4 members (excludes halogenated alkanes) is 1. The minimum atomic E-state index is 0.742. The van der Waals surface area contributed by atoms with Crippen LogP contribution in [0.15, 0.2) is 30.9 Å². The number of rotatable bonds is 8. The topological polar surface area (TPSA) is 9.23 Å². The van der Waals surface area contributed by atoms with Crippen molar-refractivity contribution in [2.45, 2.75) is 77.6 Å². The fourth-order valence-electron chi connectivity index (χ4n) is 4.95. The number of aryl methyl sites for hydroxylation is 1. The lowest BCUT2D eigenvalue weighted by Gasteiger charge is -2.36. The van der Waals surface area contributed by atoms with E-state index in [1.165, 1.54) is 69.8 Å². The summed E-state index contributed by atoms with van der Waals surface area (Å²) in [6, 6.07) is 6.79. The van der Waals surface area contributed by atoms with Crippen LogP contribution < -0.4 is 4.74 Å². The van der Waals surface area contributed by atoms with E-state index in [1.807, 2.05) is 6.08 Å². The summed E-state index contributed by atoms with van der Waals surface area (Å²) in [5.41, 5.74) is 3.12. The summed E-state index contributed by atoms with van der Waals surface area (Å²) in [6.45, 7) is 6.82. The zero-order chi connectivity index (χ0) is 17.5. The second-order valence-corrected chi connectivity index (χ2v) is 8.28. The lowest BCUT2D eigenvalue weighted by Crippen LogP contribution is -2.26. The van der Waals surface area contributed by atoms with E-state index in [-0.39, 0.29) is 0 Å². The van der Waals surface area contributed by atoms with Gasteiger partial charge in [-0.25, -0.2) is 0 Å². The van der Waals surface area contributed by atoms with Gasteiger partial charge in [-0.15, -0.1) is 6.58 Å². The molecular weight excluding hydrogens is 304 g/mol. The average Bonchev–Trinajstić information content (AvgIpc) is 2.66. The predicted molar refractivity (Wildman–Crippen MR) is 107 cm³/mol. The number of hydrogen-bond acceptors (Lipinski definition) is 1. The van der Waals surface area contributed by atoms with Gasteiger partial charge in [0.2, 0.25) is 0 Å². The van der Waals surface area contributed by atoms with Crippen molar-refractivity contribution in [2.75, 3.05) is 6.61 Å². The van der Waals surface area contributed by atoms with E-state index >= 15 is 0 Å². The van der Waals surface area contributed by atoms with Crippen molar-refractivity contribution in [1.29, 1.82) is 0 Å². The molecule has 2 aliphatic rings. The third kappa shape index (κ3) is 5.12. The Morgan fingerprint density at radius 3 is 2.68 bits per heavy atom.